The van der Waals surface area contributed by atoms with Crippen molar-refractivity contribution >= 4 is 52.2 Å². The number of rotatable bonds is 7. The van der Waals surface area contributed by atoms with Crippen LogP contribution >= 0.6 is 11.6 Å². The Morgan fingerprint density at radius 1 is 1.08 bits per heavy atom. The monoisotopic (exact) mass is 540 g/mol. The van der Waals surface area contributed by atoms with E-state index >= 15 is 0 Å². The number of nitrogens with zero attached hydrogens (tertiary/aromatic N) is 2. The lowest BCUT2D eigenvalue weighted by atomic mass is 10.2. The van der Waals surface area contributed by atoms with Crippen LogP contribution < -0.4 is 16.0 Å². The highest BCUT2D eigenvalue weighted by Crippen LogP contribution is 2.30. The minimum absolute atomic E-state index is 0.0553. The van der Waals surface area contributed by atoms with Crippen molar-refractivity contribution in [2.75, 3.05) is 23.8 Å². The van der Waals surface area contributed by atoms with Gasteiger partial charge in [0, 0.05) is 11.3 Å². The molecule has 12 nitrogen and oxygen atoms in total. The first-order valence-electron chi connectivity index (χ1n) is 11.5. The largest absolute Gasteiger partial charge is 0.459 e. The van der Waals surface area contributed by atoms with E-state index in [0.29, 0.717) is 38.9 Å². The third-order valence-electron chi connectivity index (χ3n) is 4.81. The van der Waals surface area contributed by atoms with Crippen molar-refractivity contribution in [3.8, 4) is 11.4 Å². The van der Waals surface area contributed by atoms with Crippen molar-refractivity contribution in [2.45, 2.75) is 26.4 Å². The molecule has 4 rings (SSSR count). The molecule has 4 N–H and O–H groups in total. The summed E-state index contributed by atoms with van der Waals surface area (Å²) in [5, 5.41) is 8.21. The first-order chi connectivity index (χ1) is 18.1. The molecule has 38 heavy (non-hydrogen) atoms. The van der Waals surface area contributed by atoms with Crippen molar-refractivity contribution in [3.05, 3.63) is 59.6 Å². The molecule has 3 heterocycles. The molecule has 0 aliphatic rings. The number of anilines is 2. The van der Waals surface area contributed by atoms with Crippen LogP contribution in [0.3, 0.4) is 0 Å². The van der Waals surface area contributed by atoms with Gasteiger partial charge in [0.05, 0.1) is 35.2 Å². The third kappa shape index (κ3) is 7.01. The Labute approximate surface area is 222 Å². The minimum atomic E-state index is -0.722. The average Bonchev–Trinajstić information content (AvgIpc) is 3.52. The summed E-state index contributed by atoms with van der Waals surface area (Å²) in [6, 6.07) is 9.77. The number of hydrogen-bond acceptors (Lipinski definition) is 8. The molecule has 0 saturated carbocycles. The van der Waals surface area contributed by atoms with Gasteiger partial charge < -0.3 is 29.5 Å². The molecule has 0 unspecified atom stereocenters. The van der Waals surface area contributed by atoms with Gasteiger partial charge in [0.1, 0.15) is 18.0 Å². The number of nitrogens with one attached hydrogen (secondary N) is 4. The van der Waals surface area contributed by atoms with Crippen molar-refractivity contribution < 1.29 is 28.3 Å². The fourth-order valence-electron chi connectivity index (χ4n) is 3.25. The van der Waals surface area contributed by atoms with Gasteiger partial charge in [-0.3, -0.25) is 10.1 Å². The standard InChI is InChI=1S/C25H25ClN6O6/c1-25(2,3)38-23(34)27-8-10-37-24(35)30-15-12-18-21(28-13-15)32-20(31-18)16-11-14(6-7-17(16)26)29-22(33)19-5-4-9-36-19/h4-7,9,11-13H,8,10H2,1-3H3,(H,27,34)(H,29,33)(H,30,35)(H,28,31,32). The number of carbonyl (C=O) groups excluding carboxylic acids is 3. The molecule has 0 aliphatic heterocycles. The number of fused-ring (bicyclic) bond motifs is 1. The van der Waals surface area contributed by atoms with Gasteiger partial charge in [-0.05, 0) is 57.2 Å². The molecule has 0 fully saturated rings. The number of aromatic amines is 1. The number of benzene rings is 1. The van der Waals surface area contributed by atoms with Crippen LogP contribution in [0.4, 0.5) is 21.0 Å². The van der Waals surface area contributed by atoms with E-state index in [2.05, 4.69) is 30.9 Å². The Balaban J connectivity index is 1.37. The molecular weight excluding hydrogens is 516 g/mol. The van der Waals surface area contributed by atoms with Crippen molar-refractivity contribution in [2.24, 2.45) is 0 Å². The number of aromatic nitrogens is 3. The van der Waals surface area contributed by atoms with Crippen LogP contribution in [0.1, 0.15) is 31.3 Å². The molecule has 0 radical (unpaired) electrons. The summed E-state index contributed by atoms with van der Waals surface area (Å²) in [6.45, 7) is 5.28. The van der Waals surface area contributed by atoms with Gasteiger partial charge in [-0.15, -0.1) is 0 Å². The van der Waals surface area contributed by atoms with E-state index in [0.717, 1.165) is 0 Å². The summed E-state index contributed by atoms with van der Waals surface area (Å²) in [4.78, 5) is 47.9. The summed E-state index contributed by atoms with van der Waals surface area (Å²) in [6.07, 6.45) is 1.52. The number of H-pyrrole nitrogens is 1. The predicted octanol–water partition coefficient (Wildman–Crippen LogP) is 5.20. The molecule has 0 saturated heterocycles. The number of hydrogen-bond donors (Lipinski definition) is 4. The molecule has 0 atom stereocenters. The van der Waals surface area contributed by atoms with Crippen LogP contribution in [0.5, 0.6) is 0 Å². The van der Waals surface area contributed by atoms with Crippen LogP contribution in [-0.4, -0.2) is 51.8 Å². The Bertz CT molecular complexity index is 1460. The first kappa shape index (κ1) is 26.5. The number of furan rings is 1. The maximum Gasteiger partial charge on any atom is 0.411 e. The number of pyridine rings is 1. The summed E-state index contributed by atoms with van der Waals surface area (Å²) >= 11 is 6.39. The molecule has 3 aromatic heterocycles. The number of halogens is 1. The molecular formula is C25H25ClN6O6. The van der Waals surface area contributed by atoms with Gasteiger partial charge in [0.2, 0.25) is 0 Å². The highest BCUT2D eigenvalue weighted by Gasteiger charge is 2.16. The SMILES string of the molecule is CC(C)(C)OC(=O)NCCOC(=O)Nc1cnc2nc(-c3cc(NC(=O)c4ccco4)ccc3Cl)[nH]c2c1. The van der Waals surface area contributed by atoms with Crippen molar-refractivity contribution in [1.82, 2.24) is 20.3 Å². The highest BCUT2D eigenvalue weighted by molar-refractivity contribution is 6.33. The number of carbonyl (C=O) groups is 3. The van der Waals surface area contributed by atoms with Gasteiger partial charge in [-0.25, -0.2) is 19.6 Å². The summed E-state index contributed by atoms with van der Waals surface area (Å²) in [7, 11) is 0. The zero-order valence-electron chi connectivity index (χ0n) is 20.8. The van der Waals surface area contributed by atoms with Gasteiger partial charge in [-0.2, -0.15) is 0 Å². The topological polar surface area (TPSA) is 160 Å². The van der Waals surface area contributed by atoms with E-state index < -0.39 is 23.7 Å². The van der Waals surface area contributed by atoms with Crippen LogP contribution in [0.25, 0.3) is 22.6 Å². The van der Waals surface area contributed by atoms with Crippen LogP contribution in [-0.2, 0) is 9.47 Å². The van der Waals surface area contributed by atoms with E-state index in [1.807, 2.05) is 0 Å². The lowest BCUT2D eigenvalue weighted by Gasteiger charge is -2.19. The Kier molecular flexibility index (Phi) is 7.82. The lowest BCUT2D eigenvalue weighted by molar-refractivity contribution is 0.0513. The average molecular weight is 541 g/mol. The van der Waals surface area contributed by atoms with Gasteiger partial charge in [0.15, 0.2) is 11.4 Å². The van der Waals surface area contributed by atoms with E-state index in [9.17, 15) is 14.4 Å². The van der Waals surface area contributed by atoms with Crippen LogP contribution in [0.15, 0.2) is 53.3 Å². The summed E-state index contributed by atoms with van der Waals surface area (Å²) in [5.74, 6) is 0.185. The second kappa shape index (κ2) is 11.2. The fourth-order valence-corrected chi connectivity index (χ4v) is 3.45. The van der Waals surface area contributed by atoms with Crippen LogP contribution in [0, 0.1) is 0 Å². The summed E-state index contributed by atoms with van der Waals surface area (Å²) in [5.41, 5.74) is 1.69. The van der Waals surface area contributed by atoms with E-state index in [1.165, 1.54) is 12.5 Å². The Morgan fingerprint density at radius 3 is 2.63 bits per heavy atom. The minimum Gasteiger partial charge on any atom is -0.459 e. The van der Waals surface area contributed by atoms with Gasteiger partial charge in [-0.1, -0.05) is 11.6 Å². The highest BCUT2D eigenvalue weighted by atomic mass is 35.5. The maximum atomic E-state index is 12.3. The molecule has 0 aliphatic carbocycles. The van der Waals surface area contributed by atoms with Gasteiger partial charge in [0.25, 0.3) is 5.91 Å². The number of amides is 3. The van der Waals surface area contributed by atoms with E-state index in [4.69, 9.17) is 25.5 Å². The quantitative estimate of drug-likeness (QED) is 0.233. The van der Waals surface area contributed by atoms with E-state index in [-0.39, 0.29) is 18.9 Å². The molecule has 13 heteroatoms. The van der Waals surface area contributed by atoms with E-state index in [1.54, 1.807) is 57.2 Å². The predicted molar refractivity (Wildman–Crippen MR) is 140 cm³/mol. The third-order valence-corrected chi connectivity index (χ3v) is 5.14. The second-order valence-electron chi connectivity index (χ2n) is 9.00. The fraction of sp³-hybridized carbons (Fsp3) is 0.240. The zero-order valence-corrected chi connectivity index (χ0v) is 21.5. The van der Waals surface area contributed by atoms with Gasteiger partial charge >= 0.3 is 12.2 Å². The smallest absolute Gasteiger partial charge is 0.411 e. The number of alkyl carbamates (subject to hydrolysis) is 1. The molecule has 4 aromatic rings. The molecule has 1 aromatic carbocycles. The van der Waals surface area contributed by atoms with Crippen molar-refractivity contribution in [3.63, 3.8) is 0 Å². The van der Waals surface area contributed by atoms with Crippen molar-refractivity contribution in [1.29, 1.82) is 0 Å². The maximum absolute atomic E-state index is 12.3. The molecule has 0 bridgehead atoms. The Morgan fingerprint density at radius 2 is 1.89 bits per heavy atom. The number of ether oxygens (including phenoxy) is 2. The first-order valence-corrected chi connectivity index (χ1v) is 11.9. The summed E-state index contributed by atoms with van der Waals surface area (Å²) < 4.78 is 15.3. The molecule has 3 amide bonds. The molecule has 0 spiro atoms. The lowest BCUT2D eigenvalue weighted by Crippen LogP contribution is -2.34. The molecule has 198 valence electrons. The number of imidazole rings is 1. The Hall–Kier alpha value is -4.58. The van der Waals surface area contributed by atoms with Crippen LogP contribution in [0.2, 0.25) is 5.02 Å². The second-order valence-corrected chi connectivity index (χ2v) is 9.40. The normalized spacial score (nSPS) is 11.2. The zero-order chi connectivity index (χ0) is 27.3.